The molecule has 4 nitrogen and oxygen atoms in total. The Labute approximate surface area is 154 Å². The van der Waals surface area contributed by atoms with Crippen LogP contribution in [0.3, 0.4) is 0 Å². The van der Waals surface area contributed by atoms with E-state index in [2.05, 4.69) is 15.6 Å². The van der Waals surface area contributed by atoms with Crippen molar-refractivity contribution in [3.8, 4) is 0 Å². The van der Waals surface area contributed by atoms with Crippen LogP contribution in [-0.2, 0) is 12.7 Å². The molecule has 3 aromatic rings. The molecule has 0 aliphatic rings. The van der Waals surface area contributed by atoms with Gasteiger partial charge in [-0.05, 0) is 29.8 Å². The molecule has 1 heterocycles. The second kappa shape index (κ2) is 7.90. The van der Waals surface area contributed by atoms with Crippen LogP contribution in [0.5, 0.6) is 0 Å². The molecule has 1 aromatic heterocycles. The maximum Gasteiger partial charge on any atom is 0.416 e. The van der Waals surface area contributed by atoms with E-state index >= 15 is 0 Å². The minimum atomic E-state index is -4.42. The van der Waals surface area contributed by atoms with Gasteiger partial charge in [0.2, 0.25) is 0 Å². The number of rotatable bonds is 5. The molecule has 0 saturated heterocycles. The lowest BCUT2D eigenvalue weighted by molar-refractivity contribution is -0.137. The third-order valence-electron chi connectivity index (χ3n) is 3.77. The van der Waals surface area contributed by atoms with Crippen LogP contribution in [0.25, 0.3) is 0 Å². The number of alkyl halides is 3. The van der Waals surface area contributed by atoms with Crippen molar-refractivity contribution >= 4 is 17.3 Å². The van der Waals surface area contributed by atoms with Crippen molar-refractivity contribution in [3.05, 3.63) is 89.7 Å². The predicted molar refractivity (Wildman–Crippen MR) is 96.6 cm³/mol. The number of nitrogens with one attached hydrogen (secondary N) is 2. The van der Waals surface area contributed by atoms with Gasteiger partial charge in [0.15, 0.2) is 0 Å². The number of hydrogen-bond donors (Lipinski definition) is 2. The Morgan fingerprint density at radius 2 is 1.70 bits per heavy atom. The van der Waals surface area contributed by atoms with Crippen LogP contribution in [0, 0.1) is 0 Å². The Bertz CT molecular complexity index is 927. The van der Waals surface area contributed by atoms with Crippen LogP contribution in [0.1, 0.15) is 21.5 Å². The van der Waals surface area contributed by atoms with Crippen molar-refractivity contribution in [1.29, 1.82) is 0 Å². The first-order chi connectivity index (χ1) is 12.9. The quantitative estimate of drug-likeness (QED) is 0.679. The number of nitrogens with zero attached hydrogens (tertiary/aromatic N) is 1. The number of halogens is 3. The molecule has 0 radical (unpaired) electrons. The molecule has 0 saturated carbocycles. The number of carbonyl (C=O) groups excluding carboxylic acids is 1. The van der Waals surface area contributed by atoms with Crippen molar-refractivity contribution in [3.63, 3.8) is 0 Å². The maximum absolute atomic E-state index is 12.8. The molecule has 1 amide bonds. The lowest BCUT2D eigenvalue weighted by Gasteiger charge is -2.11. The summed E-state index contributed by atoms with van der Waals surface area (Å²) in [6.45, 7) is 0.366. The molecule has 0 atom stereocenters. The third-order valence-corrected chi connectivity index (χ3v) is 3.77. The topological polar surface area (TPSA) is 54.0 Å². The summed E-state index contributed by atoms with van der Waals surface area (Å²) in [5.41, 5.74) is 1.19. The van der Waals surface area contributed by atoms with E-state index < -0.39 is 11.7 Å². The minimum absolute atomic E-state index is 0.258. The van der Waals surface area contributed by atoms with Crippen LogP contribution >= 0.6 is 0 Å². The van der Waals surface area contributed by atoms with Gasteiger partial charge in [-0.3, -0.25) is 9.78 Å². The van der Waals surface area contributed by atoms with Crippen molar-refractivity contribution < 1.29 is 18.0 Å². The molecule has 0 spiro atoms. The summed E-state index contributed by atoms with van der Waals surface area (Å²) in [6.07, 6.45) is -1.58. The SMILES string of the molecule is O=C(NCc1ccccc1)c1cncc(Nc2cccc(C(F)(F)F)c2)c1. The smallest absolute Gasteiger partial charge is 0.354 e. The van der Waals surface area contributed by atoms with E-state index in [9.17, 15) is 18.0 Å². The molecule has 0 fully saturated rings. The van der Waals surface area contributed by atoms with Gasteiger partial charge in [0, 0.05) is 18.4 Å². The zero-order valence-corrected chi connectivity index (χ0v) is 14.1. The zero-order chi connectivity index (χ0) is 19.3. The van der Waals surface area contributed by atoms with E-state index in [1.807, 2.05) is 30.3 Å². The van der Waals surface area contributed by atoms with Crippen molar-refractivity contribution in [2.75, 3.05) is 5.32 Å². The van der Waals surface area contributed by atoms with Gasteiger partial charge in [-0.15, -0.1) is 0 Å². The summed E-state index contributed by atoms with van der Waals surface area (Å²) in [5, 5.41) is 5.62. The number of anilines is 2. The monoisotopic (exact) mass is 371 g/mol. The Morgan fingerprint density at radius 1 is 0.926 bits per heavy atom. The van der Waals surface area contributed by atoms with E-state index in [4.69, 9.17) is 0 Å². The lowest BCUT2D eigenvalue weighted by Crippen LogP contribution is -2.22. The molecule has 27 heavy (non-hydrogen) atoms. The highest BCUT2D eigenvalue weighted by Crippen LogP contribution is 2.31. The first kappa shape index (κ1) is 18.4. The fraction of sp³-hybridized carbons (Fsp3) is 0.100. The Kier molecular flexibility index (Phi) is 5.40. The van der Waals surface area contributed by atoms with Gasteiger partial charge in [0.05, 0.1) is 23.0 Å². The molecule has 2 aromatic carbocycles. The summed E-state index contributed by atoms with van der Waals surface area (Å²) in [4.78, 5) is 16.3. The van der Waals surface area contributed by atoms with E-state index in [0.29, 0.717) is 17.8 Å². The summed E-state index contributed by atoms with van der Waals surface area (Å²) in [6, 6.07) is 15.8. The fourth-order valence-electron chi connectivity index (χ4n) is 2.45. The fourth-order valence-corrected chi connectivity index (χ4v) is 2.45. The van der Waals surface area contributed by atoms with Crippen LogP contribution in [0.2, 0.25) is 0 Å². The average molecular weight is 371 g/mol. The van der Waals surface area contributed by atoms with E-state index in [1.54, 1.807) is 0 Å². The Balaban J connectivity index is 1.69. The highest BCUT2D eigenvalue weighted by Gasteiger charge is 2.30. The summed E-state index contributed by atoms with van der Waals surface area (Å²) >= 11 is 0. The first-order valence-electron chi connectivity index (χ1n) is 8.13. The summed E-state index contributed by atoms with van der Waals surface area (Å²) in [7, 11) is 0. The molecule has 0 unspecified atom stereocenters. The van der Waals surface area contributed by atoms with Gasteiger partial charge in [-0.2, -0.15) is 13.2 Å². The maximum atomic E-state index is 12.8. The second-order valence-corrected chi connectivity index (χ2v) is 5.83. The predicted octanol–water partition coefficient (Wildman–Crippen LogP) is 4.77. The molecule has 0 aliphatic heterocycles. The first-order valence-corrected chi connectivity index (χ1v) is 8.13. The van der Waals surface area contributed by atoms with Gasteiger partial charge in [-0.1, -0.05) is 36.4 Å². The van der Waals surface area contributed by atoms with Gasteiger partial charge >= 0.3 is 6.18 Å². The van der Waals surface area contributed by atoms with Crippen LogP contribution in [-0.4, -0.2) is 10.9 Å². The largest absolute Gasteiger partial charge is 0.416 e. The number of carbonyl (C=O) groups is 1. The van der Waals surface area contributed by atoms with E-state index in [1.165, 1.54) is 30.6 Å². The number of amides is 1. The second-order valence-electron chi connectivity index (χ2n) is 5.83. The van der Waals surface area contributed by atoms with Crippen molar-refractivity contribution in [2.24, 2.45) is 0 Å². The Morgan fingerprint density at radius 3 is 2.44 bits per heavy atom. The molecular weight excluding hydrogens is 355 g/mol. The third kappa shape index (κ3) is 5.07. The van der Waals surface area contributed by atoms with Gasteiger partial charge < -0.3 is 10.6 Å². The Hall–Kier alpha value is -3.35. The summed E-state index contributed by atoms with van der Waals surface area (Å²) < 4.78 is 38.4. The molecule has 7 heteroatoms. The number of pyridine rings is 1. The van der Waals surface area contributed by atoms with Gasteiger partial charge in [-0.25, -0.2) is 0 Å². The van der Waals surface area contributed by atoms with Crippen LogP contribution in [0.15, 0.2) is 73.1 Å². The molecule has 138 valence electrons. The molecular formula is C20H16F3N3O. The lowest BCUT2D eigenvalue weighted by atomic mass is 10.2. The summed E-state index contributed by atoms with van der Waals surface area (Å²) in [5.74, 6) is -0.320. The normalized spacial score (nSPS) is 11.1. The van der Waals surface area contributed by atoms with Gasteiger partial charge in [0.1, 0.15) is 0 Å². The standard InChI is InChI=1S/C20H16F3N3O/c21-20(22,23)16-7-4-8-17(10-16)26-18-9-15(12-24-13-18)19(27)25-11-14-5-2-1-3-6-14/h1-10,12-13,26H,11H2,(H,25,27). The highest BCUT2D eigenvalue weighted by atomic mass is 19.4. The van der Waals surface area contributed by atoms with E-state index in [0.717, 1.165) is 17.7 Å². The number of hydrogen-bond acceptors (Lipinski definition) is 3. The number of benzene rings is 2. The molecule has 2 N–H and O–H groups in total. The average Bonchev–Trinajstić information content (AvgIpc) is 2.67. The van der Waals surface area contributed by atoms with E-state index in [-0.39, 0.29) is 11.6 Å². The van der Waals surface area contributed by atoms with Crippen LogP contribution < -0.4 is 10.6 Å². The van der Waals surface area contributed by atoms with Crippen molar-refractivity contribution in [2.45, 2.75) is 12.7 Å². The minimum Gasteiger partial charge on any atom is -0.354 e. The van der Waals surface area contributed by atoms with Crippen LogP contribution in [0.4, 0.5) is 24.5 Å². The molecule has 0 aliphatic carbocycles. The molecule has 3 rings (SSSR count). The van der Waals surface area contributed by atoms with Gasteiger partial charge in [0.25, 0.3) is 5.91 Å². The van der Waals surface area contributed by atoms with Crippen molar-refractivity contribution in [1.82, 2.24) is 10.3 Å². The highest BCUT2D eigenvalue weighted by molar-refractivity contribution is 5.94. The zero-order valence-electron chi connectivity index (χ0n) is 14.1. The molecule has 0 bridgehead atoms. The number of aromatic nitrogens is 1.